The fourth-order valence-electron chi connectivity index (χ4n) is 3.33. The van der Waals surface area contributed by atoms with Crippen LogP contribution < -0.4 is 4.90 Å². The molecule has 2 amide bonds. The van der Waals surface area contributed by atoms with Crippen LogP contribution in [0.5, 0.6) is 0 Å². The number of imide groups is 1. The summed E-state index contributed by atoms with van der Waals surface area (Å²) in [7, 11) is 0. The van der Waals surface area contributed by atoms with E-state index in [1.165, 1.54) is 4.90 Å². The molecule has 2 heterocycles. The Morgan fingerprint density at radius 1 is 1.00 bits per heavy atom. The van der Waals surface area contributed by atoms with E-state index in [1.54, 1.807) is 29.3 Å². The summed E-state index contributed by atoms with van der Waals surface area (Å²) in [4.78, 5) is 26.8. The van der Waals surface area contributed by atoms with Crippen LogP contribution in [0, 0.1) is 13.8 Å². The molecule has 2 atom stereocenters. The number of amides is 2. The molecule has 2 aromatic rings. The first kappa shape index (κ1) is 15.5. The van der Waals surface area contributed by atoms with E-state index < -0.39 is 12.1 Å². The van der Waals surface area contributed by atoms with Crippen molar-refractivity contribution < 1.29 is 9.59 Å². The number of carbonyl (C=O) groups excluding carboxylic acids is 2. The van der Waals surface area contributed by atoms with E-state index in [1.807, 2.05) is 26.0 Å². The lowest BCUT2D eigenvalue weighted by Gasteiger charge is -2.21. The van der Waals surface area contributed by atoms with Gasteiger partial charge in [-0.15, -0.1) is 0 Å². The van der Waals surface area contributed by atoms with Gasteiger partial charge in [0, 0.05) is 0 Å². The van der Waals surface area contributed by atoms with E-state index in [0.29, 0.717) is 12.2 Å². The fourth-order valence-corrected chi connectivity index (χ4v) is 3.33. The van der Waals surface area contributed by atoms with Crippen molar-refractivity contribution in [2.75, 3.05) is 4.90 Å². The molecule has 0 bridgehead atoms. The summed E-state index contributed by atoms with van der Waals surface area (Å²) < 4.78 is 0. The van der Waals surface area contributed by atoms with Crippen molar-refractivity contribution in [3.63, 3.8) is 0 Å². The predicted molar refractivity (Wildman–Crippen MR) is 92.8 cm³/mol. The lowest BCUT2D eigenvalue weighted by atomic mass is 10.0. The number of rotatable bonds is 3. The summed E-state index contributed by atoms with van der Waals surface area (Å²) >= 11 is 0. The molecule has 6 heteroatoms. The highest BCUT2D eigenvalue weighted by Gasteiger charge is 2.54. The van der Waals surface area contributed by atoms with Crippen molar-refractivity contribution in [2.45, 2.75) is 32.5 Å². The highest BCUT2D eigenvalue weighted by Crippen LogP contribution is 2.32. The number of anilines is 1. The molecule has 0 unspecified atom stereocenters. The van der Waals surface area contributed by atoms with Crippen molar-refractivity contribution in [2.24, 2.45) is 10.3 Å². The van der Waals surface area contributed by atoms with Gasteiger partial charge in [-0.2, -0.15) is 5.11 Å². The Morgan fingerprint density at radius 2 is 1.76 bits per heavy atom. The molecule has 0 radical (unpaired) electrons. The van der Waals surface area contributed by atoms with E-state index in [0.717, 1.165) is 16.7 Å². The van der Waals surface area contributed by atoms with Crippen LogP contribution >= 0.6 is 0 Å². The van der Waals surface area contributed by atoms with Gasteiger partial charge < -0.3 is 0 Å². The van der Waals surface area contributed by atoms with Crippen molar-refractivity contribution >= 4 is 17.5 Å². The topological polar surface area (TPSA) is 65.3 Å². The molecule has 0 aliphatic carbocycles. The van der Waals surface area contributed by atoms with E-state index >= 15 is 0 Å². The second-order valence-corrected chi connectivity index (χ2v) is 6.47. The van der Waals surface area contributed by atoms with Gasteiger partial charge in [0.05, 0.1) is 12.2 Å². The molecule has 126 valence electrons. The van der Waals surface area contributed by atoms with Crippen molar-refractivity contribution in [3.8, 4) is 0 Å². The molecule has 6 nitrogen and oxygen atoms in total. The average molecular weight is 334 g/mol. The molecule has 0 N–H and O–H groups in total. The largest absolute Gasteiger partial charge is 0.271 e. The number of benzene rings is 2. The maximum absolute atomic E-state index is 12.9. The number of para-hydroxylation sites is 1. The molecule has 1 fully saturated rings. The highest BCUT2D eigenvalue weighted by molar-refractivity contribution is 6.25. The van der Waals surface area contributed by atoms with Gasteiger partial charge in [-0.25, -0.2) is 4.90 Å². The fraction of sp³-hybridized carbons (Fsp3) is 0.263. The summed E-state index contributed by atoms with van der Waals surface area (Å²) in [5.41, 5.74) is 3.93. The zero-order valence-electron chi connectivity index (χ0n) is 14.1. The molecule has 1 saturated heterocycles. The van der Waals surface area contributed by atoms with Gasteiger partial charge in [-0.1, -0.05) is 47.2 Å². The van der Waals surface area contributed by atoms with Crippen LogP contribution in [0.15, 0.2) is 58.9 Å². The summed E-state index contributed by atoms with van der Waals surface area (Å²) in [6, 6.07) is 13.7. The van der Waals surface area contributed by atoms with Crippen LogP contribution in [0.4, 0.5) is 5.69 Å². The molecular formula is C19H18N4O2. The molecule has 2 aliphatic heterocycles. The monoisotopic (exact) mass is 334 g/mol. The maximum Gasteiger partial charge on any atom is 0.263 e. The molecule has 25 heavy (non-hydrogen) atoms. The number of aryl methyl sites for hydroxylation is 2. The number of hydrogen-bond donors (Lipinski definition) is 0. The third kappa shape index (κ3) is 2.50. The van der Waals surface area contributed by atoms with Gasteiger partial charge in [0.25, 0.3) is 11.8 Å². The van der Waals surface area contributed by atoms with E-state index in [4.69, 9.17) is 0 Å². The molecule has 2 aromatic carbocycles. The zero-order valence-corrected chi connectivity index (χ0v) is 14.1. The Morgan fingerprint density at radius 3 is 2.52 bits per heavy atom. The Kier molecular flexibility index (Phi) is 3.60. The number of nitrogens with zero attached hydrogens (tertiary/aromatic N) is 4. The second kappa shape index (κ2) is 5.81. The molecule has 0 aromatic heterocycles. The standard InChI is InChI=1S/C19H18N4O2/c1-12-8-9-13(2)14(10-12)11-22-17-16(20-21-22)18(24)23(19(17)25)15-6-4-3-5-7-15/h3-10,16-17H,11H2,1-2H3/t16-,17+/m1/s1. The quantitative estimate of drug-likeness (QED) is 0.811. The summed E-state index contributed by atoms with van der Waals surface area (Å²) in [6.45, 7) is 4.51. The highest BCUT2D eigenvalue weighted by atomic mass is 16.2. The number of fused-ring (bicyclic) bond motifs is 1. The van der Waals surface area contributed by atoms with Gasteiger partial charge in [0.15, 0.2) is 12.1 Å². The lowest BCUT2D eigenvalue weighted by molar-refractivity contribution is -0.123. The molecule has 4 rings (SSSR count). The van der Waals surface area contributed by atoms with Crippen molar-refractivity contribution in [3.05, 3.63) is 65.2 Å². The first-order valence-corrected chi connectivity index (χ1v) is 8.22. The normalized spacial score (nSPS) is 22.0. The van der Waals surface area contributed by atoms with Crippen molar-refractivity contribution in [1.29, 1.82) is 0 Å². The summed E-state index contributed by atoms with van der Waals surface area (Å²) in [6.07, 6.45) is 0. The average Bonchev–Trinajstić information content (AvgIpc) is 3.12. The van der Waals surface area contributed by atoms with Crippen LogP contribution in [0.2, 0.25) is 0 Å². The zero-order chi connectivity index (χ0) is 17.6. The van der Waals surface area contributed by atoms with Crippen LogP contribution in [0.1, 0.15) is 16.7 Å². The minimum Gasteiger partial charge on any atom is -0.271 e. The minimum absolute atomic E-state index is 0.267. The SMILES string of the molecule is Cc1ccc(C)c(CN2N=N[C@H]3C(=O)N(c4ccccc4)C(=O)[C@H]32)c1. The molecule has 0 saturated carbocycles. The Labute approximate surface area is 145 Å². The first-order valence-electron chi connectivity index (χ1n) is 8.22. The van der Waals surface area contributed by atoms with Gasteiger partial charge in [-0.05, 0) is 37.1 Å². The minimum atomic E-state index is -0.752. The van der Waals surface area contributed by atoms with E-state index in [2.05, 4.69) is 22.5 Å². The Bertz CT molecular complexity index is 878. The summed E-state index contributed by atoms with van der Waals surface area (Å²) in [5.74, 6) is -0.579. The predicted octanol–water partition coefficient (Wildman–Crippen LogP) is 2.80. The van der Waals surface area contributed by atoms with Gasteiger partial charge >= 0.3 is 0 Å². The summed E-state index contributed by atoms with van der Waals surface area (Å²) in [5, 5.41) is 9.81. The van der Waals surface area contributed by atoms with Gasteiger partial charge in [-0.3, -0.25) is 14.6 Å². The Hall–Kier alpha value is -3.02. The van der Waals surface area contributed by atoms with E-state index in [9.17, 15) is 9.59 Å². The van der Waals surface area contributed by atoms with Crippen molar-refractivity contribution in [1.82, 2.24) is 5.01 Å². The van der Waals surface area contributed by atoms with E-state index in [-0.39, 0.29) is 11.8 Å². The second-order valence-electron chi connectivity index (χ2n) is 6.47. The first-order chi connectivity index (χ1) is 12.1. The third-order valence-corrected chi connectivity index (χ3v) is 4.71. The molecule has 2 aliphatic rings. The maximum atomic E-state index is 12.9. The molecule has 0 spiro atoms. The van der Waals surface area contributed by atoms with Gasteiger partial charge in [0.1, 0.15) is 0 Å². The van der Waals surface area contributed by atoms with Gasteiger partial charge in [0.2, 0.25) is 0 Å². The van der Waals surface area contributed by atoms with Crippen LogP contribution in [-0.4, -0.2) is 28.9 Å². The Balaban J connectivity index is 1.62. The van der Waals surface area contributed by atoms with Crippen LogP contribution in [0.25, 0.3) is 0 Å². The third-order valence-electron chi connectivity index (χ3n) is 4.71. The number of carbonyl (C=O) groups is 2. The van der Waals surface area contributed by atoms with Crippen LogP contribution in [0.3, 0.4) is 0 Å². The molecular weight excluding hydrogens is 316 g/mol. The van der Waals surface area contributed by atoms with Crippen LogP contribution in [-0.2, 0) is 16.1 Å². The number of hydrogen-bond acceptors (Lipinski definition) is 5. The smallest absolute Gasteiger partial charge is 0.263 e. The lowest BCUT2D eigenvalue weighted by Crippen LogP contribution is -2.39.